The Bertz CT molecular complexity index is 946. The summed E-state index contributed by atoms with van der Waals surface area (Å²) in [7, 11) is 5.03. The molecule has 31 heavy (non-hydrogen) atoms. The van der Waals surface area contributed by atoms with Gasteiger partial charge in [-0.05, 0) is 47.5 Å². The number of aromatic nitrogens is 1. The fraction of sp³-hybridized carbons (Fsp3) is 0.217. The number of nitrogens with one attached hydrogen (secondary N) is 2. The smallest absolute Gasteiger partial charge is 0.219 e. The molecule has 0 fully saturated rings. The maximum absolute atomic E-state index is 5.75. The molecular formula is C23H27IN4O3. The van der Waals surface area contributed by atoms with Crippen LogP contribution < -0.4 is 24.8 Å². The van der Waals surface area contributed by atoms with Crippen molar-refractivity contribution in [1.29, 1.82) is 0 Å². The summed E-state index contributed by atoms with van der Waals surface area (Å²) in [4.78, 5) is 8.62. The molecule has 0 aliphatic rings. The summed E-state index contributed by atoms with van der Waals surface area (Å²) in [6.07, 6.45) is 1.78. The van der Waals surface area contributed by atoms with Gasteiger partial charge in [-0.1, -0.05) is 18.2 Å². The van der Waals surface area contributed by atoms with Gasteiger partial charge in [0.15, 0.2) is 5.96 Å². The van der Waals surface area contributed by atoms with Gasteiger partial charge >= 0.3 is 0 Å². The molecule has 0 bridgehead atoms. The lowest BCUT2D eigenvalue weighted by Crippen LogP contribution is -2.36. The number of methoxy groups -OCH3 is 2. The van der Waals surface area contributed by atoms with Crippen LogP contribution in [-0.4, -0.2) is 32.2 Å². The number of hydrogen-bond acceptors (Lipinski definition) is 5. The minimum absolute atomic E-state index is 0. The second-order valence-corrected chi connectivity index (χ2v) is 6.41. The number of aliphatic imine (C=N–C) groups is 1. The molecule has 0 radical (unpaired) electrons. The Hall–Kier alpha value is -3.01. The molecule has 0 aliphatic carbocycles. The van der Waals surface area contributed by atoms with E-state index in [2.05, 4.69) is 20.6 Å². The molecule has 0 unspecified atom stereocenters. The van der Waals surface area contributed by atoms with Crippen molar-refractivity contribution in [2.75, 3.05) is 21.3 Å². The molecular weight excluding hydrogens is 507 g/mol. The van der Waals surface area contributed by atoms with Crippen LogP contribution in [0, 0.1) is 0 Å². The first-order chi connectivity index (χ1) is 14.7. The summed E-state index contributed by atoms with van der Waals surface area (Å²) in [6, 6.07) is 19.1. The molecule has 3 rings (SSSR count). The summed E-state index contributed by atoms with van der Waals surface area (Å²) in [6.45, 7) is 1.26. The molecule has 7 nitrogen and oxygen atoms in total. The van der Waals surface area contributed by atoms with Gasteiger partial charge in [0.05, 0.1) is 14.2 Å². The van der Waals surface area contributed by atoms with Crippen LogP contribution in [0.1, 0.15) is 11.1 Å². The van der Waals surface area contributed by atoms with Crippen LogP contribution >= 0.6 is 24.0 Å². The molecule has 0 aliphatic heterocycles. The van der Waals surface area contributed by atoms with Crippen molar-refractivity contribution in [3.05, 3.63) is 78.0 Å². The molecule has 3 aromatic rings. The molecule has 8 heteroatoms. The van der Waals surface area contributed by atoms with E-state index in [-0.39, 0.29) is 24.0 Å². The Morgan fingerprint density at radius 2 is 1.29 bits per heavy atom. The van der Waals surface area contributed by atoms with E-state index in [4.69, 9.17) is 14.2 Å². The maximum atomic E-state index is 5.75. The van der Waals surface area contributed by atoms with Crippen molar-refractivity contribution >= 4 is 29.9 Å². The van der Waals surface area contributed by atoms with Crippen molar-refractivity contribution in [1.82, 2.24) is 15.6 Å². The van der Waals surface area contributed by atoms with E-state index < -0.39 is 0 Å². The SMILES string of the molecule is CN=C(NCc1ccc(OC)cc1)NCc1ccc(Oc2ccc(OC)cc2)nc1.I. The molecule has 0 spiro atoms. The van der Waals surface area contributed by atoms with E-state index in [9.17, 15) is 0 Å². The highest BCUT2D eigenvalue weighted by atomic mass is 127. The normalized spacial score (nSPS) is 10.6. The number of ether oxygens (including phenoxy) is 3. The van der Waals surface area contributed by atoms with Crippen LogP contribution in [-0.2, 0) is 13.1 Å². The Labute approximate surface area is 199 Å². The van der Waals surface area contributed by atoms with Gasteiger partial charge in [-0.2, -0.15) is 0 Å². The van der Waals surface area contributed by atoms with E-state index >= 15 is 0 Å². The predicted molar refractivity (Wildman–Crippen MR) is 133 cm³/mol. The second-order valence-electron chi connectivity index (χ2n) is 6.41. The number of hydrogen-bond donors (Lipinski definition) is 2. The van der Waals surface area contributed by atoms with E-state index in [0.29, 0.717) is 30.7 Å². The molecule has 1 heterocycles. The third-order valence-corrected chi connectivity index (χ3v) is 4.38. The monoisotopic (exact) mass is 534 g/mol. The highest BCUT2D eigenvalue weighted by Gasteiger charge is 2.03. The van der Waals surface area contributed by atoms with Gasteiger partial charge in [0.1, 0.15) is 17.2 Å². The van der Waals surface area contributed by atoms with Crippen molar-refractivity contribution < 1.29 is 14.2 Å². The average Bonchev–Trinajstić information content (AvgIpc) is 2.81. The van der Waals surface area contributed by atoms with Gasteiger partial charge in [0.25, 0.3) is 0 Å². The molecule has 0 amide bonds. The molecule has 2 aromatic carbocycles. The highest BCUT2D eigenvalue weighted by molar-refractivity contribution is 14.0. The molecule has 164 valence electrons. The fourth-order valence-corrected chi connectivity index (χ4v) is 2.68. The van der Waals surface area contributed by atoms with Crippen LogP contribution in [0.2, 0.25) is 0 Å². The number of benzene rings is 2. The Morgan fingerprint density at radius 3 is 1.81 bits per heavy atom. The summed E-state index contributed by atoms with van der Waals surface area (Å²) < 4.78 is 16.1. The first kappa shape index (κ1) is 24.3. The number of nitrogens with zero attached hydrogens (tertiary/aromatic N) is 2. The largest absolute Gasteiger partial charge is 0.497 e. The van der Waals surface area contributed by atoms with Crippen molar-refractivity contribution in [2.45, 2.75) is 13.1 Å². The second kappa shape index (κ2) is 12.6. The van der Waals surface area contributed by atoms with Crippen molar-refractivity contribution in [2.24, 2.45) is 4.99 Å². The Morgan fingerprint density at radius 1 is 0.774 bits per heavy atom. The quantitative estimate of drug-likeness (QED) is 0.254. The molecule has 1 aromatic heterocycles. The third kappa shape index (κ3) is 7.63. The molecule has 2 N–H and O–H groups in total. The molecule has 0 saturated heterocycles. The summed E-state index contributed by atoms with van der Waals surface area (Å²) >= 11 is 0. The lowest BCUT2D eigenvalue weighted by molar-refractivity contribution is 0.412. The van der Waals surface area contributed by atoms with Crippen LogP contribution in [0.15, 0.2) is 71.9 Å². The van der Waals surface area contributed by atoms with Crippen LogP contribution in [0.5, 0.6) is 23.1 Å². The van der Waals surface area contributed by atoms with Gasteiger partial charge in [-0.3, -0.25) is 4.99 Å². The summed E-state index contributed by atoms with van der Waals surface area (Å²) in [5.41, 5.74) is 2.16. The first-order valence-corrected chi connectivity index (χ1v) is 9.54. The summed E-state index contributed by atoms with van der Waals surface area (Å²) in [5.74, 6) is 3.58. The number of halogens is 1. The fourth-order valence-electron chi connectivity index (χ4n) is 2.68. The first-order valence-electron chi connectivity index (χ1n) is 9.54. The minimum Gasteiger partial charge on any atom is -0.497 e. The average molecular weight is 534 g/mol. The van der Waals surface area contributed by atoms with Gasteiger partial charge in [0.2, 0.25) is 5.88 Å². The van der Waals surface area contributed by atoms with Crippen molar-refractivity contribution in [3.8, 4) is 23.1 Å². The van der Waals surface area contributed by atoms with Crippen LogP contribution in [0.4, 0.5) is 0 Å². The van der Waals surface area contributed by atoms with E-state index in [1.165, 1.54) is 0 Å². The summed E-state index contributed by atoms with van der Waals surface area (Å²) in [5, 5.41) is 6.57. The van der Waals surface area contributed by atoms with Crippen LogP contribution in [0.25, 0.3) is 0 Å². The lowest BCUT2D eigenvalue weighted by atomic mass is 10.2. The van der Waals surface area contributed by atoms with Gasteiger partial charge in [-0.25, -0.2) is 4.98 Å². The van der Waals surface area contributed by atoms with Crippen molar-refractivity contribution in [3.63, 3.8) is 0 Å². The number of rotatable bonds is 8. The number of pyridine rings is 1. The number of guanidine groups is 1. The van der Waals surface area contributed by atoms with Gasteiger partial charge < -0.3 is 24.8 Å². The minimum atomic E-state index is 0. The standard InChI is InChI=1S/C23H26N4O3.HI/c1-24-23(26-14-17-4-7-19(28-2)8-5-17)27-16-18-6-13-22(25-15-18)30-21-11-9-20(29-3)10-12-21;/h4-13,15H,14,16H2,1-3H3,(H2,24,26,27);1H. The molecule has 0 atom stereocenters. The molecule has 0 saturated carbocycles. The lowest BCUT2D eigenvalue weighted by Gasteiger charge is -2.12. The van der Waals surface area contributed by atoms with E-state index in [0.717, 1.165) is 22.6 Å². The zero-order valence-corrected chi connectivity index (χ0v) is 20.1. The van der Waals surface area contributed by atoms with E-state index in [1.54, 1.807) is 27.5 Å². The Kier molecular flexibility index (Phi) is 9.89. The third-order valence-electron chi connectivity index (χ3n) is 4.38. The van der Waals surface area contributed by atoms with Gasteiger partial charge in [-0.15, -0.1) is 24.0 Å². The predicted octanol–water partition coefficient (Wildman–Crippen LogP) is 4.37. The topological polar surface area (TPSA) is 77.0 Å². The van der Waals surface area contributed by atoms with E-state index in [1.807, 2.05) is 60.7 Å². The maximum Gasteiger partial charge on any atom is 0.219 e. The zero-order chi connectivity index (χ0) is 21.2. The zero-order valence-electron chi connectivity index (χ0n) is 17.8. The highest BCUT2D eigenvalue weighted by Crippen LogP contribution is 2.22. The van der Waals surface area contributed by atoms with Crippen LogP contribution in [0.3, 0.4) is 0 Å². The van der Waals surface area contributed by atoms with Gasteiger partial charge in [0, 0.05) is 32.4 Å². The Balaban J connectivity index is 0.00000341.